The van der Waals surface area contributed by atoms with E-state index in [1.54, 1.807) is 19.1 Å². The van der Waals surface area contributed by atoms with Crippen molar-refractivity contribution in [2.24, 2.45) is 0 Å². The summed E-state index contributed by atoms with van der Waals surface area (Å²) in [5.74, 6) is 0.561. The number of fused-ring (bicyclic) bond motifs is 1. The lowest BCUT2D eigenvalue weighted by molar-refractivity contribution is -0.133. The van der Waals surface area contributed by atoms with Gasteiger partial charge in [-0.25, -0.2) is 4.79 Å². The number of piperazine rings is 1. The maximum Gasteiger partial charge on any atom is 0.417 e. The molecule has 150 valence electrons. The standard InChI is InChI=1S/C19H24N4O4S/c1-21-10-11-23(12-15(21)24)19(25)27-18-20-16-14(26-2)7-6-13(17(16)28-18)22-8-4-3-5-9-22/h6-7H,3-5,8-12H2,1-2H3. The number of methoxy groups -OCH3 is 1. The zero-order valence-electron chi connectivity index (χ0n) is 16.1. The molecule has 1 aromatic carbocycles. The van der Waals surface area contributed by atoms with Gasteiger partial charge in [-0.3, -0.25) is 9.69 Å². The number of amides is 2. The number of likely N-dealkylation sites (N-methyl/N-ethyl adjacent to an activating group) is 1. The Morgan fingerprint density at radius 2 is 1.93 bits per heavy atom. The number of hydrogen-bond acceptors (Lipinski definition) is 7. The molecule has 4 rings (SSSR count). The van der Waals surface area contributed by atoms with Crippen molar-refractivity contribution < 1.29 is 19.1 Å². The maximum absolute atomic E-state index is 12.5. The predicted octanol–water partition coefficient (Wildman–Crippen LogP) is 2.57. The second-order valence-corrected chi connectivity index (χ2v) is 8.06. The number of carbonyl (C=O) groups is 2. The number of rotatable bonds is 3. The largest absolute Gasteiger partial charge is 0.494 e. The van der Waals surface area contributed by atoms with Gasteiger partial charge in [0.25, 0.3) is 5.19 Å². The van der Waals surface area contributed by atoms with E-state index in [0.29, 0.717) is 24.4 Å². The van der Waals surface area contributed by atoms with Gasteiger partial charge in [0.2, 0.25) is 5.91 Å². The fraction of sp³-hybridized carbons (Fsp3) is 0.526. The summed E-state index contributed by atoms with van der Waals surface area (Å²) in [6.45, 7) is 3.01. The molecule has 9 heteroatoms. The third-order valence-corrected chi connectivity index (χ3v) is 6.23. The van der Waals surface area contributed by atoms with Crippen molar-refractivity contribution in [1.82, 2.24) is 14.8 Å². The first-order chi connectivity index (χ1) is 13.6. The van der Waals surface area contributed by atoms with E-state index in [1.807, 2.05) is 6.07 Å². The summed E-state index contributed by atoms with van der Waals surface area (Å²) in [5, 5.41) is 0.272. The first kappa shape index (κ1) is 18.8. The molecule has 2 aromatic rings. The molecule has 3 heterocycles. The molecule has 28 heavy (non-hydrogen) atoms. The van der Waals surface area contributed by atoms with E-state index in [1.165, 1.54) is 35.5 Å². The molecular weight excluding hydrogens is 380 g/mol. The first-order valence-corrected chi connectivity index (χ1v) is 10.3. The molecule has 0 radical (unpaired) electrons. The lowest BCUT2D eigenvalue weighted by Crippen LogP contribution is -2.51. The van der Waals surface area contributed by atoms with Gasteiger partial charge in [0.15, 0.2) is 0 Å². The van der Waals surface area contributed by atoms with Crippen molar-refractivity contribution >= 4 is 39.2 Å². The fourth-order valence-electron chi connectivity index (χ4n) is 3.60. The second-order valence-electron chi connectivity index (χ2n) is 7.10. The second kappa shape index (κ2) is 7.83. The highest BCUT2D eigenvalue weighted by Gasteiger charge is 2.27. The number of ether oxygens (including phenoxy) is 2. The summed E-state index contributed by atoms with van der Waals surface area (Å²) in [7, 11) is 3.34. The molecule has 0 atom stereocenters. The molecule has 2 aliphatic heterocycles. The minimum atomic E-state index is -0.543. The van der Waals surface area contributed by atoms with Crippen LogP contribution in [0.15, 0.2) is 12.1 Å². The van der Waals surface area contributed by atoms with Gasteiger partial charge < -0.3 is 19.3 Å². The topological polar surface area (TPSA) is 75.2 Å². The van der Waals surface area contributed by atoms with Gasteiger partial charge in [0.1, 0.15) is 17.8 Å². The summed E-state index contributed by atoms with van der Waals surface area (Å²) in [4.78, 5) is 34.2. The number of thiazole rings is 1. The highest BCUT2D eigenvalue weighted by Crippen LogP contribution is 2.41. The van der Waals surface area contributed by atoms with E-state index >= 15 is 0 Å². The molecule has 1 aromatic heterocycles. The van der Waals surface area contributed by atoms with E-state index in [9.17, 15) is 9.59 Å². The normalized spacial score (nSPS) is 17.9. The van der Waals surface area contributed by atoms with Crippen LogP contribution in [-0.4, -0.2) is 73.7 Å². The third kappa shape index (κ3) is 3.58. The van der Waals surface area contributed by atoms with Crippen LogP contribution in [0.25, 0.3) is 10.2 Å². The highest BCUT2D eigenvalue weighted by molar-refractivity contribution is 7.21. The Bertz CT molecular complexity index is 893. The average Bonchev–Trinajstić information content (AvgIpc) is 3.13. The number of piperidine rings is 1. The summed E-state index contributed by atoms with van der Waals surface area (Å²) >= 11 is 1.34. The summed E-state index contributed by atoms with van der Waals surface area (Å²) in [6, 6.07) is 3.96. The van der Waals surface area contributed by atoms with Crippen molar-refractivity contribution in [2.45, 2.75) is 19.3 Å². The maximum atomic E-state index is 12.5. The Morgan fingerprint density at radius 3 is 2.64 bits per heavy atom. The number of anilines is 1. The molecule has 0 spiro atoms. The Hall–Kier alpha value is -2.55. The highest BCUT2D eigenvalue weighted by atomic mass is 32.1. The van der Waals surface area contributed by atoms with Crippen LogP contribution in [-0.2, 0) is 4.79 Å². The van der Waals surface area contributed by atoms with Crippen molar-refractivity contribution in [3.8, 4) is 10.9 Å². The SMILES string of the molecule is COc1ccc(N2CCCCC2)c2sc(OC(=O)N3CCN(C)C(=O)C3)nc12. The van der Waals surface area contributed by atoms with E-state index in [0.717, 1.165) is 23.5 Å². The van der Waals surface area contributed by atoms with Crippen molar-refractivity contribution in [2.75, 3.05) is 51.8 Å². The number of hydrogen-bond donors (Lipinski definition) is 0. The van der Waals surface area contributed by atoms with Gasteiger partial charge in [0, 0.05) is 33.2 Å². The quantitative estimate of drug-likeness (QED) is 0.783. The average molecular weight is 404 g/mol. The van der Waals surface area contributed by atoms with E-state index in [2.05, 4.69) is 16.0 Å². The van der Waals surface area contributed by atoms with E-state index < -0.39 is 6.09 Å². The van der Waals surface area contributed by atoms with Crippen LogP contribution in [0.1, 0.15) is 19.3 Å². The third-order valence-electron chi connectivity index (χ3n) is 5.27. The minimum Gasteiger partial charge on any atom is -0.494 e. The molecule has 0 saturated carbocycles. The van der Waals surface area contributed by atoms with Crippen LogP contribution in [0, 0.1) is 0 Å². The fourth-order valence-corrected chi connectivity index (χ4v) is 4.57. The van der Waals surface area contributed by atoms with Crippen LogP contribution in [0.4, 0.5) is 10.5 Å². The number of nitrogens with zero attached hydrogens (tertiary/aromatic N) is 4. The Morgan fingerprint density at radius 1 is 1.14 bits per heavy atom. The molecule has 8 nitrogen and oxygen atoms in total. The molecular formula is C19H24N4O4S. The monoisotopic (exact) mass is 404 g/mol. The Labute approximate surface area is 167 Å². The van der Waals surface area contributed by atoms with Crippen LogP contribution in [0.3, 0.4) is 0 Å². The van der Waals surface area contributed by atoms with Crippen LogP contribution < -0.4 is 14.4 Å². The molecule has 0 bridgehead atoms. The molecule has 2 saturated heterocycles. The van der Waals surface area contributed by atoms with Gasteiger partial charge in [-0.05, 0) is 31.4 Å². The molecule has 2 amide bonds. The summed E-state index contributed by atoms with van der Waals surface area (Å²) in [6.07, 6.45) is 3.06. The molecule has 2 fully saturated rings. The first-order valence-electron chi connectivity index (χ1n) is 9.50. The van der Waals surface area contributed by atoms with Crippen LogP contribution >= 0.6 is 11.3 Å². The summed E-state index contributed by atoms with van der Waals surface area (Å²) < 4.78 is 11.9. The Balaban J connectivity index is 1.59. The summed E-state index contributed by atoms with van der Waals surface area (Å²) in [5.41, 5.74) is 1.80. The van der Waals surface area contributed by atoms with Gasteiger partial charge in [-0.2, -0.15) is 4.98 Å². The Kier molecular flexibility index (Phi) is 5.25. The van der Waals surface area contributed by atoms with Gasteiger partial charge in [0.05, 0.1) is 17.5 Å². The molecule has 2 aliphatic rings. The van der Waals surface area contributed by atoms with E-state index in [4.69, 9.17) is 9.47 Å². The lowest BCUT2D eigenvalue weighted by Gasteiger charge is -2.30. The van der Waals surface area contributed by atoms with Gasteiger partial charge >= 0.3 is 6.09 Å². The molecule has 0 unspecified atom stereocenters. The zero-order chi connectivity index (χ0) is 19.7. The zero-order valence-corrected chi connectivity index (χ0v) is 17.0. The lowest BCUT2D eigenvalue weighted by atomic mass is 10.1. The number of carbonyl (C=O) groups excluding carboxylic acids is 2. The van der Waals surface area contributed by atoms with Crippen molar-refractivity contribution in [1.29, 1.82) is 0 Å². The van der Waals surface area contributed by atoms with Gasteiger partial charge in [-0.1, -0.05) is 11.3 Å². The number of aromatic nitrogens is 1. The van der Waals surface area contributed by atoms with Crippen molar-refractivity contribution in [3.63, 3.8) is 0 Å². The van der Waals surface area contributed by atoms with Gasteiger partial charge in [-0.15, -0.1) is 0 Å². The molecule has 0 N–H and O–H groups in total. The van der Waals surface area contributed by atoms with Crippen LogP contribution in [0.5, 0.6) is 10.9 Å². The minimum absolute atomic E-state index is 0.0303. The molecule has 0 aliphatic carbocycles. The smallest absolute Gasteiger partial charge is 0.417 e. The van der Waals surface area contributed by atoms with Crippen molar-refractivity contribution in [3.05, 3.63) is 12.1 Å². The predicted molar refractivity (Wildman–Crippen MR) is 107 cm³/mol. The number of benzene rings is 1. The van der Waals surface area contributed by atoms with E-state index in [-0.39, 0.29) is 17.6 Å². The van der Waals surface area contributed by atoms with Crippen LogP contribution in [0.2, 0.25) is 0 Å².